The van der Waals surface area contributed by atoms with E-state index in [2.05, 4.69) is 5.32 Å². The van der Waals surface area contributed by atoms with Crippen LogP contribution in [-0.2, 0) is 14.8 Å². The number of hydrogen-bond acceptors (Lipinski definition) is 3. The zero-order chi connectivity index (χ0) is 18.6. The Labute approximate surface area is 149 Å². The molecule has 0 saturated heterocycles. The smallest absolute Gasteiger partial charge is 0.242 e. The van der Waals surface area contributed by atoms with Gasteiger partial charge in [-0.3, -0.25) is 4.79 Å². The van der Waals surface area contributed by atoms with E-state index in [1.165, 1.54) is 20.2 Å². The van der Waals surface area contributed by atoms with Crippen LogP contribution in [0.1, 0.15) is 30.4 Å². The number of benzene rings is 2. The molecule has 0 aliphatic rings. The number of rotatable bonds is 6. The van der Waals surface area contributed by atoms with Crippen LogP contribution in [0.25, 0.3) is 0 Å². The lowest BCUT2D eigenvalue weighted by atomic mass is 9.97. The molecule has 0 saturated carbocycles. The van der Waals surface area contributed by atoms with E-state index in [9.17, 15) is 13.2 Å². The number of hydrogen-bond donors (Lipinski definition) is 1. The minimum Gasteiger partial charge on any atom is -0.326 e. The Balaban J connectivity index is 2.15. The maximum absolute atomic E-state index is 12.4. The van der Waals surface area contributed by atoms with Gasteiger partial charge in [-0.05, 0) is 36.1 Å². The Morgan fingerprint density at radius 2 is 1.76 bits per heavy atom. The molecule has 1 amide bonds. The van der Waals surface area contributed by atoms with E-state index >= 15 is 0 Å². The van der Waals surface area contributed by atoms with Crippen LogP contribution < -0.4 is 5.32 Å². The lowest BCUT2D eigenvalue weighted by Gasteiger charge is -2.16. The van der Waals surface area contributed by atoms with Gasteiger partial charge in [-0.15, -0.1) is 0 Å². The number of sulfonamides is 1. The average Bonchev–Trinajstić information content (AvgIpc) is 2.57. The van der Waals surface area contributed by atoms with Gasteiger partial charge in [0.1, 0.15) is 0 Å². The van der Waals surface area contributed by atoms with Crippen LogP contribution in [0.3, 0.4) is 0 Å². The van der Waals surface area contributed by atoms with Crippen molar-refractivity contribution in [3.63, 3.8) is 0 Å². The Kier molecular flexibility index (Phi) is 5.98. The maximum atomic E-state index is 12.4. The summed E-state index contributed by atoms with van der Waals surface area (Å²) in [5.41, 5.74) is 2.44. The highest BCUT2D eigenvalue weighted by molar-refractivity contribution is 7.89. The van der Waals surface area contributed by atoms with Crippen molar-refractivity contribution in [2.45, 2.75) is 31.1 Å². The van der Waals surface area contributed by atoms with Crippen LogP contribution in [-0.4, -0.2) is 32.7 Å². The summed E-state index contributed by atoms with van der Waals surface area (Å²) in [6.45, 7) is 3.83. The van der Waals surface area contributed by atoms with E-state index in [1.807, 2.05) is 44.2 Å². The fraction of sp³-hybridized carbons (Fsp3) is 0.316. The first-order valence-electron chi connectivity index (χ1n) is 8.10. The van der Waals surface area contributed by atoms with Gasteiger partial charge in [0.05, 0.1) is 4.90 Å². The third kappa shape index (κ3) is 4.67. The van der Waals surface area contributed by atoms with Crippen molar-refractivity contribution in [2.75, 3.05) is 19.4 Å². The average molecular weight is 360 g/mol. The molecule has 0 heterocycles. The number of nitrogens with zero attached hydrogens (tertiary/aromatic N) is 1. The number of carbonyl (C=O) groups is 1. The SMILES string of the molecule is Cc1ccc(S(=O)(=O)N(C)C)cc1NC(=O)CC(C)c1ccccc1. The Hall–Kier alpha value is -2.18. The highest BCUT2D eigenvalue weighted by atomic mass is 32.2. The maximum Gasteiger partial charge on any atom is 0.242 e. The highest BCUT2D eigenvalue weighted by Gasteiger charge is 2.19. The van der Waals surface area contributed by atoms with Gasteiger partial charge in [0.2, 0.25) is 15.9 Å². The monoisotopic (exact) mass is 360 g/mol. The zero-order valence-electron chi connectivity index (χ0n) is 15.0. The van der Waals surface area contributed by atoms with Crippen molar-refractivity contribution in [1.82, 2.24) is 4.31 Å². The molecule has 1 atom stereocenters. The minimum absolute atomic E-state index is 0.0789. The van der Waals surface area contributed by atoms with Gasteiger partial charge in [0.25, 0.3) is 0 Å². The molecule has 0 bridgehead atoms. The molecule has 2 aromatic carbocycles. The van der Waals surface area contributed by atoms with E-state index in [1.54, 1.807) is 12.1 Å². The zero-order valence-corrected chi connectivity index (χ0v) is 15.8. The Morgan fingerprint density at radius 1 is 1.12 bits per heavy atom. The number of amides is 1. The Morgan fingerprint density at radius 3 is 2.36 bits per heavy atom. The van der Waals surface area contributed by atoms with Crippen molar-refractivity contribution < 1.29 is 13.2 Å². The molecule has 0 aliphatic carbocycles. The quantitative estimate of drug-likeness (QED) is 0.859. The van der Waals surface area contributed by atoms with Crippen LogP contribution >= 0.6 is 0 Å². The number of carbonyl (C=O) groups excluding carboxylic acids is 1. The van der Waals surface area contributed by atoms with Gasteiger partial charge in [0.15, 0.2) is 0 Å². The summed E-state index contributed by atoms with van der Waals surface area (Å²) < 4.78 is 25.7. The third-order valence-electron chi connectivity index (χ3n) is 4.12. The van der Waals surface area contributed by atoms with E-state index < -0.39 is 10.0 Å². The molecule has 134 valence electrons. The molecule has 0 radical (unpaired) electrons. The summed E-state index contributed by atoms with van der Waals surface area (Å²) in [7, 11) is -0.574. The predicted molar refractivity (Wildman–Crippen MR) is 100 cm³/mol. The molecule has 0 aliphatic heterocycles. The summed E-state index contributed by atoms with van der Waals surface area (Å²) in [5.74, 6) is -0.0611. The van der Waals surface area contributed by atoms with Gasteiger partial charge in [0, 0.05) is 26.2 Å². The van der Waals surface area contributed by atoms with Crippen LogP contribution in [0.4, 0.5) is 5.69 Å². The van der Waals surface area contributed by atoms with Crippen LogP contribution in [0, 0.1) is 6.92 Å². The second kappa shape index (κ2) is 7.80. The van der Waals surface area contributed by atoms with Gasteiger partial charge >= 0.3 is 0 Å². The van der Waals surface area contributed by atoms with E-state index in [0.29, 0.717) is 12.1 Å². The summed E-state index contributed by atoms with van der Waals surface area (Å²) >= 11 is 0. The van der Waals surface area contributed by atoms with Crippen LogP contribution in [0.5, 0.6) is 0 Å². The Bertz CT molecular complexity index is 846. The van der Waals surface area contributed by atoms with Crippen molar-refractivity contribution in [3.05, 3.63) is 59.7 Å². The molecule has 25 heavy (non-hydrogen) atoms. The summed E-state index contributed by atoms with van der Waals surface area (Å²) in [4.78, 5) is 12.5. The number of anilines is 1. The summed E-state index contributed by atoms with van der Waals surface area (Å²) in [5, 5.41) is 2.84. The molecular weight excluding hydrogens is 336 g/mol. The van der Waals surface area contributed by atoms with E-state index in [-0.39, 0.29) is 16.7 Å². The second-order valence-electron chi connectivity index (χ2n) is 6.33. The minimum atomic E-state index is -3.54. The van der Waals surface area contributed by atoms with Crippen LogP contribution in [0.15, 0.2) is 53.4 Å². The molecule has 1 unspecified atom stereocenters. The largest absolute Gasteiger partial charge is 0.326 e. The highest BCUT2D eigenvalue weighted by Crippen LogP contribution is 2.24. The first-order valence-corrected chi connectivity index (χ1v) is 9.54. The molecule has 0 fully saturated rings. The lowest BCUT2D eigenvalue weighted by molar-refractivity contribution is -0.116. The first kappa shape index (κ1) is 19.1. The number of nitrogens with one attached hydrogen (secondary N) is 1. The molecular formula is C19H24N2O3S. The second-order valence-corrected chi connectivity index (χ2v) is 8.48. The summed E-state index contributed by atoms with van der Waals surface area (Å²) in [6.07, 6.45) is 0.327. The van der Waals surface area contributed by atoms with E-state index in [4.69, 9.17) is 0 Å². The standard InChI is InChI=1S/C19H24N2O3S/c1-14-10-11-17(25(23,24)21(3)4)13-18(14)20-19(22)12-15(2)16-8-6-5-7-9-16/h5-11,13,15H,12H2,1-4H3,(H,20,22). The van der Waals surface area contributed by atoms with Crippen molar-refractivity contribution in [1.29, 1.82) is 0 Å². The third-order valence-corrected chi connectivity index (χ3v) is 5.93. The van der Waals surface area contributed by atoms with Gasteiger partial charge in [-0.2, -0.15) is 0 Å². The van der Waals surface area contributed by atoms with Crippen molar-refractivity contribution in [2.24, 2.45) is 0 Å². The van der Waals surface area contributed by atoms with Gasteiger partial charge in [-0.1, -0.05) is 43.3 Å². The molecule has 5 nitrogen and oxygen atoms in total. The van der Waals surface area contributed by atoms with Crippen molar-refractivity contribution in [3.8, 4) is 0 Å². The molecule has 6 heteroatoms. The fourth-order valence-electron chi connectivity index (χ4n) is 2.49. The van der Waals surface area contributed by atoms with E-state index in [0.717, 1.165) is 15.4 Å². The molecule has 0 spiro atoms. The normalized spacial score (nSPS) is 12.8. The van der Waals surface area contributed by atoms with Crippen molar-refractivity contribution >= 4 is 21.6 Å². The molecule has 2 rings (SSSR count). The molecule has 0 aromatic heterocycles. The summed E-state index contributed by atoms with van der Waals surface area (Å²) in [6, 6.07) is 14.6. The first-order chi connectivity index (χ1) is 11.7. The lowest BCUT2D eigenvalue weighted by Crippen LogP contribution is -2.22. The molecule has 2 aromatic rings. The topological polar surface area (TPSA) is 66.5 Å². The van der Waals surface area contributed by atoms with Crippen LogP contribution in [0.2, 0.25) is 0 Å². The number of aryl methyl sites for hydroxylation is 1. The molecule has 1 N–H and O–H groups in total. The van der Waals surface area contributed by atoms with Gasteiger partial charge < -0.3 is 5.32 Å². The van der Waals surface area contributed by atoms with Gasteiger partial charge in [-0.25, -0.2) is 12.7 Å². The predicted octanol–water partition coefficient (Wildman–Crippen LogP) is 3.38. The fourth-order valence-corrected chi connectivity index (χ4v) is 3.41.